The maximum atomic E-state index is 6.56. The van der Waals surface area contributed by atoms with Gasteiger partial charge in [0.05, 0.1) is 22.1 Å². The van der Waals surface area contributed by atoms with Gasteiger partial charge in [0.15, 0.2) is 0 Å². The smallest absolute Gasteiger partial charge is 0.509 e. The summed E-state index contributed by atoms with van der Waals surface area (Å²) in [5.41, 5.74) is 13.3. The summed E-state index contributed by atoms with van der Waals surface area (Å²) in [5.74, 6) is 2.91. The van der Waals surface area contributed by atoms with Crippen molar-refractivity contribution >= 4 is 49.7 Å². The number of hydrogen-bond donors (Lipinski definition) is 0. The maximum Gasteiger partial charge on any atom is 2.00 e. The van der Waals surface area contributed by atoms with Gasteiger partial charge in [0, 0.05) is 23.2 Å². The number of imidazole rings is 2. The molecule has 9 aromatic rings. The third-order valence-electron chi connectivity index (χ3n) is 10.1. The zero-order valence-corrected chi connectivity index (χ0v) is 32.0. The number of pyridine rings is 1. The maximum absolute atomic E-state index is 6.56. The van der Waals surface area contributed by atoms with Crippen molar-refractivity contribution < 1.29 is 25.8 Å². The largest absolute Gasteiger partial charge is 2.00 e. The Labute approximate surface area is 311 Å². The fourth-order valence-electron chi connectivity index (χ4n) is 7.12. The molecule has 0 fully saturated rings. The van der Waals surface area contributed by atoms with E-state index in [1.54, 1.807) is 0 Å². The molecule has 0 aliphatic carbocycles. The van der Waals surface area contributed by atoms with Crippen LogP contribution in [-0.2, 0) is 26.5 Å². The Morgan fingerprint density at radius 2 is 1.33 bits per heavy atom. The molecule has 0 saturated carbocycles. The minimum absolute atomic E-state index is 0. The van der Waals surface area contributed by atoms with Gasteiger partial charge in [0.1, 0.15) is 5.82 Å². The molecule has 0 atom stereocenters. The zero-order valence-electron chi connectivity index (χ0n) is 29.7. The summed E-state index contributed by atoms with van der Waals surface area (Å²) in [4.78, 5) is 9.99. The van der Waals surface area contributed by atoms with E-state index in [4.69, 9.17) is 14.7 Å². The van der Waals surface area contributed by atoms with Crippen LogP contribution in [0.1, 0.15) is 48.6 Å². The summed E-state index contributed by atoms with van der Waals surface area (Å²) >= 11 is 0. The number of fused-ring (bicyclic) bond motifs is 8. The summed E-state index contributed by atoms with van der Waals surface area (Å²) in [6, 6.07) is 38.9. The Bertz CT molecular complexity index is 2830. The number of aryl methyl sites for hydroxylation is 4. The molecule has 6 nitrogen and oxygen atoms in total. The molecular formula is C44H37N5OPt. The van der Waals surface area contributed by atoms with Gasteiger partial charge in [-0.25, -0.2) is 9.97 Å². The Balaban J connectivity index is 0.00000374. The first kappa shape index (κ1) is 33.0. The first-order chi connectivity index (χ1) is 24.0. The topological polar surface area (TPSA) is 49.3 Å². The van der Waals surface area contributed by atoms with E-state index in [0.29, 0.717) is 11.5 Å². The van der Waals surface area contributed by atoms with Crippen molar-refractivity contribution in [2.75, 3.05) is 0 Å². The quantitative estimate of drug-likeness (QED) is 0.166. The van der Waals surface area contributed by atoms with E-state index in [1.165, 1.54) is 27.8 Å². The van der Waals surface area contributed by atoms with E-state index < -0.39 is 0 Å². The number of para-hydroxylation sites is 1. The molecule has 0 bridgehead atoms. The molecule has 0 radical (unpaired) electrons. The van der Waals surface area contributed by atoms with Crippen molar-refractivity contribution in [2.45, 2.75) is 53.9 Å². The number of hydrogen-bond acceptors (Lipinski definition) is 3. The summed E-state index contributed by atoms with van der Waals surface area (Å²) in [6.07, 6.45) is 1.90. The van der Waals surface area contributed by atoms with E-state index in [-0.39, 0.29) is 26.5 Å². The minimum atomic E-state index is -0.00949. The predicted molar refractivity (Wildman–Crippen MR) is 204 cm³/mol. The van der Waals surface area contributed by atoms with Crippen LogP contribution in [0.4, 0.5) is 0 Å². The second-order valence-corrected chi connectivity index (χ2v) is 14.5. The SMILES string of the molecule is Cc1cc2nc3n(-c4[c-]c(Oc5[c-]c6c(cc5)c5ccccc5n6-c5cc(C(C)(C)C)ccn5)ccc4)c4cc(C)c(C)cc4n3c2cc1C.[Pt+2]. The van der Waals surface area contributed by atoms with Gasteiger partial charge in [-0.1, -0.05) is 50.2 Å². The third kappa shape index (κ3) is 5.27. The van der Waals surface area contributed by atoms with Crippen LogP contribution in [0.3, 0.4) is 0 Å². The molecule has 0 aliphatic heterocycles. The van der Waals surface area contributed by atoms with E-state index in [9.17, 15) is 0 Å². The second kappa shape index (κ2) is 12.0. The number of benzene rings is 5. The Kier molecular flexibility index (Phi) is 7.73. The van der Waals surface area contributed by atoms with Gasteiger partial charge in [-0.2, -0.15) is 12.1 Å². The summed E-state index contributed by atoms with van der Waals surface area (Å²) in [5, 5.41) is 2.24. The molecule has 51 heavy (non-hydrogen) atoms. The normalized spacial score (nSPS) is 12.1. The molecule has 0 unspecified atom stereocenters. The number of nitrogens with zero attached hydrogens (tertiary/aromatic N) is 5. The van der Waals surface area contributed by atoms with Crippen LogP contribution in [0.2, 0.25) is 0 Å². The molecule has 4 aromatic heterocycles. The number of ether oxygens (including phenoxy) is 1. The monoisotopic (exact) mass is 846 g/mol. The van der Waals surface area contributed by atoms with Crippen molar-refractivity contribution in [3.05, 3.63) is 137 Å². The van der Waals surface area contributed by atoms with Gasteiger partial charge in [-0.15, -0.1) is 35.7 Å². The molecule has 0 spiro atoms. The fourth-order valence-corrected chi connectivity index (χ4v) is 7.12. The summed E-state index contributed by atoms with van der Waals surface area (Å²) in [7, 11) is 0. The molecule has 0 aliphatic rings. The van der Waals surface area contributed by atoms with Crippen LogP contribution in [0, 0.1) is 39.8 Å². The number of aromatic nitrogens is 5. The van der Waals surface area contributed by atoms with Crippen molar-refractivity contribution in [3.63, 3.8) is 0 Å². The van der Waals surface area contributed by atoms with Crippen molar-refractivity contribution in [2.24, 2.45) is 0 Å². The van der Waals surface area contributed by atoms with Crippen LogP contribution in [-0.4, -0.2) is 23.5 Å². The van der Waals surface area contributed by atoms with Crippen molar-refractivity contribution in [1.82, 2.24) is 23.5 Å². The molecule has 0 N–H and O–H groups in total. The molecule has 4 heterocycles. The van der Waals surface area contributed by atoms with E-state index >= 15 is 0 Å². The average Bonchev–Trinajstić information content (AvgIpc) is 3.71. The van der Waals surface area contributed by atoms with Gasteiger partial charge in [-0.05, 0) is 109 Å². The Hall–Kier alpha value is -5.19. The molecule has 254 valence electrons. The van der Waals surface area contributed by atoms with Crippen LogP contribution in [0.25, 0.3) is 61.2 Å². The van der Waals surface area contributed by atoms with Gasteiger partial charge < -0.3 is 13.9 Å². The van der Waals surface area contributed by atoms with Gasteiger partial charge in [0.25, 0.3) is 0 Å². The van der Waals surface area contributed by atoms with Gasteiger partial charge in [0.2, 0.25) is 5.78 Å². The summed E-state index contributed by atoms with van der Waals surface area (Å²) in [6.45, 7) is 15.3. The Morgan fingerprint density at radius 3 is 2.12 bits per heavy atom. The first-order valence-electron chi connectivity index (χ1n) is 17.1. The van der Waals surface area contributed by atoms with Crippen LogP contribution in [0.5, 0.6) is 11.5 Å². The predicted octanol–water partition coefficient (Wildman–Crippen LogP) is 10.8. The zero-order chi connectivity index (χ0) is 34.5. The minimum Gasteiger partial charge on any atom is -0.509 e. The van der Waals surface area contributed by atoms with Gasteiger partial charge >= 0.3 is 21.1 Å². The molecule has 5 aromatic carbocycles. The van der Waals surface area contributed by atoms with Crippen LogP contribution >= 0.6 is 0 Å². The average molecular weight is 847 g/mol. The fraction of sp³-hybridized carbons (Fsp3) is 0.182. The molecule has 0 amide bonds. The molecule has 7 heteroatoms. The first-order valence-corrected chi connectivity index (χ1v) is 17.1. The van der Waals surface area contributed by atoms with E-state index in [0.717, 1.165) is 61.2 Å². The standard InChI is InChI=1S/C44H37N5O.Pt/c1-26-19-36-39(20-27(26)2)49-41-22-29(4)28(3)21-40(41)47(43(49)46-36)31-11-10-12-32(24-31)50-33-15-16-35-34-13-8-9-14-37(34)48(38(35)25-33)42-23-30(17-18-45-42)44(5,6)7;/h8-23H,1-7H3;/q-2;+2. The van der Waals surface area contributed by atoms with Crippen molar-refractivity contribution in [1.29, 1.82) is 0 Å². The molecule has 9 rings (SSSR count). The van der Waals surface area contributed by atoms with Crippen LogP contribution in [0.15, 0.2) is 97.2 Å². The summed E-state index contributed by atoms with van der Waals surface area (Å²) < 4.78 is 13.2. The van der Waals surface area contributed by atoms with Crippen molar-refractivity contribution in [3.8, 4) is 23.0 Å². The third-order valence-corrected chi connectivity index (χ3v) is 10.1. The second-order valence-electron chi connectivity index (χ2n) is 14.5. The molecule has 0 saturated heterocycles. The van der Waals surface area contributed by atoms with E-state index in [1.807, 2.05) is 24.4 Å². The van der Waals surface area contributed by atoms with Gasteiger partial charge in [-0.3, -0.25) is 4.40 Å². The Morgan fingerprint density at radius 1 is 0.627 bits per heavy atom. The van der Waals surface area contributed by atoms with E-state index in [2.05, 4.69) is 147 Å². The van der Waals surface area contributed by atoms with Crippen LogP contribution < -0.4 is 4.74 Å². The molecular weight excluding hydrogens is 810 g/mol. The number of rotatable bonds is 4.